The van der Waals surface area contributed by atoms with Crippen LogP contribution in [-0.4, -0.2) is 45.7 Å². The third-order valence-corrected chi connectivity index (χ3v) is 7.45. The molecule has 4 aliphatic rings. The molecule has 0 saturated heterocycles. The second-order valence-electron chi connectivity index (χ2n) is 7.39. The molecule has 1 aromatic rings. The van der Waals surface area contributed by atoms with E-state index >= 15 is 0 Å². The smallest absolute Gasteiger partial charge is 0.168 e. The number of thioether (sulfide) groups is 2. The van der Waals surface area contributed by atoms with Crippen LogP contribution in [0.3, 0.4) is 0 Å². The first-order valence-electron chi connectivity index (χ1n) is 9.57. The Balaban J connectivity index is 1.15. The van der Waals surface area contributed by atoms with Gasteiger partial charge in [-0.25, -0.2) is 0 Å². The van der Waals surface area contributed by atoms with Gasteiger partial charge < -0.3 is 10.2 Å². The topological polar surface area (TPSA) is 40.0 Å². The van der Waals surface area contributed by atoms with Gasteiger partial charge in [-0.05, 0) is 30.2 Å². The molecule has 136 valence electrons. The summed E-state index contributed by atoms with van der Waals surface area (Å²) >= 11 is 3.66. The van der Waals surface area contributed by atoms with Gasteiger partial charge in [0.05, 0.1) is 24.7 Å². The quantitative estimate of drug-likeness (QED) is 0.856. The fourth-order valence-corrected chi connectivity index (χ4v) is 6.33. The second kappa shape index (κ2) is 7.31. The SMILES string of the molecule is C1=C(CSC2=NCC(Cc3ccccc3)N2)N2C(=N[C@H]3CCCC[C@H]32)S1. The lowest BCUT2D eigenvalue weighted by Gasteiger charge is -2.31. The molecule has 1 aliphatic carbocycles. The van der Waals surface area contributed by atoms with Crippen LogP contribution in [0.1, 0.15) is 31.2 Å². The normalized spacial score (nSPS) is 29.6. The second-order valence-corrected chi connectivity index (χ2v) is 9.19. The molecule has 1 unspecified atom stereocenters. The van der Waals surface area contributed by atoms with Crippen LogP contribution in [0.2, 0.25) is 0 Å². The molecule has 5 rings (SSSR count). The molecule has 0 bridgehead atoms. The van der Waals surface area contributed by atoms with E-state index in [0.717, 1.165) is 23.9 Å². The van der Waals surface area contributed by atoms with Gasteiger partial charge in [0.1, 0.15) is 0 Å². The van der Waals surface area contributed by atoms with Gasteiger partial charge in [0.25, 0.3) is 0 Å². The summed E-state index contributed by atoms with van der Waals surface area (Å²) in [5.74, 6) is 0.985. The Bertz CT molecular complexity index is 758. The molecule has 1 fully saturated rings. The van der Waals surface area contributed by atoms with E-state index in [1.54, 1.807) is 0 Å². The van der Waals surface area contributed by atoms with E-state index in [-0.39, 0.29) is 0 Å². The molecule has 1 saturated carbocycles. The van der Waals surface area contributed by atoms with Gasteiger partial charge in [0, 0.05) is 11.4 Å². The van der Waals surface area contributed by atoms with Crippen molar-refractivity contribution in [1.82, 2.24) is 10.2 Å². The maximum atomic E-state index is 4.96. The Hall–Kier alpha value is -1.40. The molecule has 6 heteroatoms. The highest BCUT2D eigenvalue weighted by Crippen LogP contribution is 2.41. The summed E-state index contributed by atoms with van der Waals surface area (Å²) < 4.78 is 0. The predicted octanol–water partition coefficient (Wildman–Crippen LogP) is 3.86. The number of rotatable bonds is 4. The number of hydrogen-bond donors (Lipinski definition) is 1. The standard InChI is InChI=1S/C20H24N4S2/c1-2-6-14(7-3-1)10-15-11-21-19(22-15)25-12-16-13-26-20-23-17-8-4-5-9-18(17)24(16)20/h1-3,6-7,13,15,17-18H,4-5,8-12H2,(H,21,22)/t15?,17-,18+/m0/s1. The summed E-state index contributed by atoms with van der Waals surface area (Å²) in [4.78, 5) is 12.2. The summed E-state index contributed by atoms with van der Waals surface area (Å²) in [6.07, 6.45) is 6.29. The Morgan fingerprint density at radius 3 is 3.00 bits per heavy atom. The van der Waals surface area contributed by atoms with Crippen molar-refractivity contribution < 1.29 is 0 Å². The van der Waals surface area contributed by atoms with Crippen molar-refractivity contribution in [2.24, 2.45) is 9.98 Å². The van der Waals surface area contributed by atoms with Crippen molar-refractivity contribution in [2.45, 2.75) is 50.2 Å². The number of aliphatic imine (C=N–C) groups is 2. The monoisotopic (exact) mass is 384 g/mol. The van der Waals surface area contributed by atoms with Crippen LogP contribution in [0.4, 0.5) is 0 Å². The van der Waals surface area contributed by atoms with Gasteiger partial charge in [-0.3, -0.25) is 9.98 Å². The zero-order valence-corrected chi connectivity index (χ0v) is 16.4. The molecule has 3 atom stereocenters. The third-order valence-electron chi connectivity index (χ3n) is 5.58. The molecule has 0 amide bonds. The molecule has 26 heavy (non-hydrogen) atoms. The first-order valence-corrected chi connectivity index (χ1v) is 11.4. The molecule has 1 N–H and O–H groups in total. The molecule has 0 spiro atoms. The van der Waals surface area contributed by atoms with Crippen LogP contribution >= 0.6 is 23.5 Å². The molecular formula is C20H24N4S2. The molecule has 0 radical (unpaired) electrons. The fourth-order valence-electron chi connectivity index (χ4n) is 4.30. The van der Waals surface area contributed by atoms with E-state index in [2.05, 4.69) is 46.0 Å². The Labute approximate surface area is 163 Å². The van der Waals surface area contributed by atoms with E-state index in [4.69, 9.17) is 9.98 Å². The molecule has 3 aliphatic heterocycles. The van der Waals surface area contributed by atoms with Crippen LogP contribution < -0.4 is 5.32 Å². The Morgan fingerprint density at radius 2 is 2.08 bits per heavy atom. The lowest BCUT2D eigenvalue weighted by molar-refractivity contribution is 0.285. The zero-order valence-electron chi connectivity index (χ0n) is 14.8. The van der Waals surface area contributed by atoms with Crippen molar-refractivity contribution in [2.75, 3.05) is 12.3 Å². The van der Waals surface area contributed by atoms with Crippen molar-refractivity contribution in [3.05, 3.63) is 47.0 Å². The first kappa shape index (κ1) is 16.8. The Kier molecular flexibility index (Phi) is 4.71. The first-order chi connectivity index (χ1) is 12.9. The number of hydrogen-bond acceptors (Lipinski definition) is 6. The van der Waals surface area contributed by atoms with Crippen LogP contribution in [0.15, 0.2) is 51.4 Å². The van der Waals surface area contributed by atoms with E-state index in [1.165, 1.54) is 42.1 Å². The van der Waals surface area contributed by atoms with Crippen molar-refractivity contribution in [3.63, 3.8) is 0 Å². The fraction of sp³-hybridized carbons (Fsp3) is 0.500. The third kappa shape index (κ3) is 3.29. The number of benzene rings is 1. The summed E-state index contributed by atoms with van der Waals surface area (Å²) in [6.45, 7) is 0.881. The van der Waals surface area contributed by atoms with E-state index in [0.29, 0.717) is 18.1 Å². The summed E-state index contributed by atoms with van der Waals surface area (Å²) in [5.41, 5.74) is 2.80. The maximum absolute atomic E-state index is 4.96. The number of amidine groups is 2. The number of nitrogens with one attached hydrogen (secondary N) is 1. The molecule has 3 heterocycles. The average molecular weight is 385 g/mol. The van der Waals surface area contributed by atoms with Crippen LogP contribution in [0.5, 0.6) is 0 Å². The summed E-state index contributed by atoms with van der Waals surface area (Å²) in [7, 11) is 0. The minimum Gasteiger partial charge on any atom is -0.360 e. The highest BCUT2D eigenvalue weighted by molar-refractivity contribution is 8.17. The van der Waals surface area contributed by atoms with E-state index in [9.17, 15) is 0 Å². The highest BCUT2D eigenvalue weighted by Gasteiger charge is 2.41. The van der Waals surface area contributed by atoms with Gasteiger partial charge in [-0.2, -0.15) is 0 Å². The zero-order chi connectivity index (χ0) is 17.3. The van der Waals surface area contributed by atoms with Crippen molar-refractivity contribution >= 4 is 33.9 Å². The lowest BCUT2D eigenvalue weighted by atomic mass is 9.91. The van der Waals surface area contributed by atoms with E-state index in [1.807, 2.05) is 23.5 Å². The van der Waals surface area contributed by atoms with Gasteiger partial charge in [0.15, 0.2) is 10.3 Å². The highest BCUT2D eigenvalue weighted by atomic mass is 32.2. The van der Waals surface area contributed by atoms with Crippen molar-refractivity contribution in [3.8, 4) is 0 Å². The summed E-state index contributed by atoms with van der Waals surface area (Å²) in [6, 6.07) is 12.3. The largest absolute Gasteiger partial charge is 0.360 e. The number of fused-ring (bicyclic) bond motifs is 3. The van der Waals surface area contributed by atoms with Gasteiger partial charge in [0.2, 0.25) is 0 Å². The molecule has 1 aromatic carbocycles. The van der Waals surface area contributed by atoms with Gasteiger partial charge >= 0.3 is 0 Å². The minimum atomic E-state index is 0.429. The van der Waals surface area contributed by atoms with Crippen molar-refractivity contribution in [1.29, 1.82) is 0 Å². The Morgan fingerprint density at radius 1 is 1.19 bits per heavy atom. The van der Waals surface area contributed by atoms with Gasteiger partial charge in [-0.1, -0.05) is 66.7 Å². The molecular weight excluding hydrogens is 360 g/mol. The minimum absolute atomic E-state index is 0.429. The number of nitrogens with zero attached hydrogens (tertiary/aromatic N) is 3. The van der Waals surface area contributed by atoms with Gasteiger partial charge in [-0.15, -0.1) is 0 Å². The molecule has 4 nitrogen and oxygen atoms in total. The predicted molar refractivity (Wildman–Crippen MR) is 113 cm³/mol. The average Bonchev–Trinajstić information content (AvgIpc) is 3.36. The lowest BCUT2D eigenvalue weighted by Crippen LogP contribution is -2.39. The summed E-state index contributed by atoms with van der Waals surface area (Å²) in [5, 5.41) is 8.24. The van der Waals surface area contributed by atoms with E-state index < -0.39 is 0 Å². The van der Waals surface area contributed by atoms with Crippen LogP contribution in [0.25, 0.3) is 0 Å². The maximum Gasteiger partial charge on any atom is 0.168 e. The van der Waals surface area contributed by atoms with Crippen LogP contribution in [-0.2, 0) is 6.42 Å². The van der Waals surface area contributed by atoms with Crippen LogP contribution in [0, 0.1) is 0 Å². The molecule has 0 aromatic heterocycles.